The van der Waals surface area contributed by atoms with Crippen LogP contribution >= 0.6 is 11.3 Å². The summed E-state index contributed by atoms with van der Waals surface area (Å²) in [5.41, 5.74) is 2.10. The first kappa shape index (κ1) is 12.3. The molecule has 2 saturated heterocycles. The zero-order chi connectivity index (χ0) is 13.4. The van der Waals surface area contributed by atoms with Crippen LogP contribution < -0.4 is 0 Å². The van der Waals surface area contributed by atoms with Crippen LogP contribution in [0.2, 0.25) is 0 Å². The van der Waals surface area contributed by atoms with Crippen molar-refractivity contribution in [2.24, 2.45) is 5.92 Å². The lowest BCUT2D eigenvalue weighted by atomic mass is 9.99. The summed E-state index contributed by atoms with van der Waals surface area (Å²) >= 11 is 1.39. The Morgan fingerprint density at radius 1 is 1.32 bits per heavy atom. The fraction of sp³-hybridized carbons (Fsp3) is 0.500. The topological polar surface area (TPSA) is 70.6 Å². The van der Waals surface area contributed by atoms with Crippen LogP contribution in [0.3, 0.4) is 0 Å². The Hall–Kier alpha value is -1.76. The molecule has 0 unspecified atom stereocenters. The second kappa shape index (κ2) is 4.73. The van der Waals surface area contributed by atoms with Crippen LogP contribution in [-0.2, 0) is 9.59 Å². The number of hydrogen-bond acceptors (Lipinski definition) is 5. The number of amides is 3. The minimum absolute atomic E-state index is 0.0726. The molecule has 6 nitrogen and oxygen atoms in total. The van der Waals surface area contributed by atoms with E-state index in [4.69, 9.17) is 0 Å². The molecule has 7 heteroatoms. The fourth-order valence-electron chi connectivity index (χ4n) is 2.42. The number of likely N-dealkylation sites (tertiary alicyclic amines) is 2. The number of thiazole rings is 1. The largest absolute Gasteiger partial charge is 0.336 e. The van der Waals surface area contributed by atoms with E-state index < -0.39 is 0 Å². The van der Waals surface area contributed by atoms with Gasteiger partial charge in [-0.25, -0.2) is 4.98 Å². The summed E-state index contributed by atoms with van der Waals surface area (Å²) in [6, 6.07) is 0. The minimum atomic E-state index is -0.0886. The van der Waals surface area contributed by atoms with Gasteiger partial charge in [0.2, 0.25) is 11.8 Å². The first-order valence-electron chi connectivity index (χ1n) is 6.16. The standard InChI is InChI=1S/C12H13N3O3S/c16-10-1-2-11(17)15(10)5-8-3-14(4-8)12(18)9-6-19-7-13-9/h6-8H,1-5H2. The van der Waals surface area contributed by atoms with Gasteiger partial charge in [0.05, 0.1) is 5.51 Å². The smallest absolute Gasteiger partial charge is 0.273 e. The quantitative estimate of drug-likeness (QED) is 0.749. The molecule has 100 valence electrons. The van der Waals surface area contributed by atoms with Crippen LogP contribution in [0, 0.1) is 5.92 Å². The Bertz CT molecular complexity index is 506. The Balaban J connectivity index is 1.52. The van der Waals surface area contributed by atoms with Gasteiger partial charge in [0.1, 0.15) is 5.69 Å². The van der Waals surface area contributed by atoms with Crippen molar-refractivity contribution in [3.8, 4) is 0 Å². The average molecular weight is 279 g/mol. The molecule has 0 aliphatic carbocycles. The van der Waals surface area contributed by atoms with Crippen LogP contribution in [0.5, 0.6) is 0 Å². The van der Waals surface area contributed by atoms with Crippen molar-refractivity contribution in [3.63, 3.8) is 0 Å². The van der Waals surface area contributed by atoms with Gasteiger partial charge in [0.25, 0.3) is 5.91 Å². The van der Waals surface area contributed by atoms with Crippen LogP contribution in [-0.4, -0.2) is 52.1 Å². The fourth-order valence-corrected chi connectivity index (χ4v) is 2.94. The lowest BCUT2D eigenvalue weighted by molar-refractivity contribution is -0.139. The van der Waals surface area contributed by atoms with E-state index in [-0.39, 0.29) is 23.6 Å². The zero-order valence-corrected chi connectivity index (χ0v) is 11.1. The predicted octanol–water partition coefficient (Wildman–Crippen LogP) is 0.364. The molecule has 0 bridgehead atoms. The van der Waals surface area contributed by atoms with E-state index in [2.05, 4.69) is 4.98 Å². The van der Waals surface area contributed by atoms with Crippen molar-refractivity contribution in [2.45, 2.75) is 12.8 Å². The summed E-state index contributed by atoms with van der Waals surface area (Å²) in [7, 11) is 0. The maximum absolute atomic E-state index is 11.9. The number of carbonyl (C=O) groups excluding carboxylic acids is 3. The van der Waals surface area contributed by atoms with E-state index in [1.165, 1.54) is 16.2 Å². The predicted molar refractivity (Wildman–Crippen MR) is 67.5 cm³/mol. The first-order valence-corrected chi connectivity index (χ1v) is 7.10. The van der Waals surface area contributed by atoms with Crippen molar-refractivity contribution in [1.82, 2.24) is 14.8 Å². The third-order valence-corrected chi connectivity index (χ3v) is 4.08. The van der Waals surface area contributed by atoms with E-state index in [9.17, 15) is 14.4 Å². The molecule has 0 N–H and O–H groups in total. The first-order chi connectivity index (χ1) is 9.15. The third-order valence-electron chi connectivity index (χ3n) is 3.49. The van der Waals surface area contributed by atoms with E-state index in [0.29, 0.717) is 38.2 Å². The molecule has 1 aromatic heterocycles. The third kappa shape index (κ3) is 2.25. The Kier molecular flexibility index (Phi) is 3.06. The van der Waals surface area contributed by atoms with E-state index in [1.54, 1.807) is 15.8 Å². The lowest BCUT2D eigenvalue weighted by Crippen LogP contribution is -2.54. The maximum Gasteiger partial charge on any atom is 0.273 e. The van der Waals surface area contributed by atoms with Gasteiger partial charge < -0.3 is 4.90 Å². The van der Waals surface area contributed by atoms with Crippen molar-refractivity contribution in [2.75, 3.05) is 19.6 Å². The highest BCUT2D eigenvalue weighted by atomic mass is 32.1. The second-order valence-electron chi connectivity index (χ2n) is 4.85. The normalized spacial score (nSPS) is 20.0. The van der Waals surface area contributed by atoms with Gasteiger partial charge in [-0.15, -0.1) is 11.3 Å². The van der Waals surface area contributed by atoms with E-state index in [0.717, 1.165) is 0 Å². The van der Waals surface area contributed by atoms with Gasteiger partial charge in [0.15, 0.2) is 0 Å². The average Bonchev–Trinajstić information content (AvgIpc) is 2.96. The summed E-state index contributed by atoms with van der Waals surface area (Å²) in [4.78, 5) is 41.9. The van der Waals surface area contributed by atoms with Gasteiger partial charge in [-0.05, 0) is 0 Å². The molecule has 19 heavy (non-hydrogen) atoms. The number of aromatic nitrogens is 1. The highest BCUT2D eigenvalue weighted by Gasteiger charge is 2.37. The van der Waals surface area contributed by atoms with Crippen molar-refractivity contribution in [1.29, 1.82) is 0 Å². The molecule has 2 fully saturated rings. The number of hydrogen-bond donors (Lipinski definition) is 0. The second-order valence-corrected chi connectivity index (χ2v) is 5.57. The molecular weight excluding hydrogens is 266 g/mol. The van der Waals surface area contributed by atoms with E-state index in [1.807, 2.05) is 0 Å². The molecular formula is C12H13N3O3S. The SMILES string of the molecule is O=C(c1cscn1)N1CC(CN2C(=O)CCC2=O)C1. The molecule has 1 aromatic rings. The molecule has 2 aliphatic rings. The molecule has 0 aromatic carbocycles. The van der Waals surface area contributed by atoms with Crippen molar-refractivity contribution in [3.05, 3.63) is 16.6 Å². The van der Waals surface area contributed by atoms with Crippen LogP contribution in [0.25, 0.3) is 0 Å². The van der Waals surface area contributed by atoms with Crippen LogP contribution in [0.15, 0.2) is 10.9 Å². The highest BCUT2D eigenvalue weighted by molar-refractivity contribution is 7.07. The molecule has 3 heterocycles. The van der Waals surface area contributed by atoms with Gasteiger partial charge >= 0.3 is 0 Å². The van der Waals surface area contributed by atoms with Gasteiger partial charge in [-0.3, -0.25) is 19.3 Å². The summed E-state index contributed by atoms with van der Waals surface area (Å²) in [6.45, 7) is 1.62. The number of carbonyl (C=O) groups is 3. The molecule has 0 saturated carbocycles. The van der Waals surface area contributed by atoms with Crippen LogP contribution in [0.1, 0.15) is 23.3 Å². The molecule has 0 spiro atoms. The lowest BCUT2D eigenvalue weighted by Gasteiger charge is -2.40. The number of rotatable bonds is 3. The van der Waals surface area contributed by atoms with Gasteiger partial charge in [-0.1, -0.05) is 0 Å². The molecule has 0 atom stereocenters. The van der Waals surface area contributed by atoms with Crippen molar-refractivity contribution < 1.29 is 14.4 Å². The maximum atomic E-state index is 11.9. The molecule has 2 aliphatic heterocycles. The van der Waals surface area contributed by atoms with Gasteiger partial charge in [0, 0.05) is 43.8 Å². The summed E-state index contributed by atoms with van der Waals surface area (Å²) < 4.78 is 0. The van der Waals surface area contributed by atoms with Gasteiger partial charge in [-0.2, -0.15) is 0 Å². The Labute approximate surface area is 114 Å². The van der Waals surface area contributed by atoms with Crippen LogP contribution in [0.4, 0.5) is 0 Å². The highest BCUT2D eigenvalue weighted by Crippen LogP contribution is 2.22. The number of imide groups is 1. The monoisotopic (exact) mass is 279 g/mol. The Morgan fingerprint density at radius 3 is 2.58 bits per heavy atom. The molecule has 0 radical (unpaired) electrons. The molecule has 3 rings (SSSR count). The minimum Gasteiger partial charge on any atom is -0.336 e. The van der Waals surface area contributed by atoms with E-state index >= 15 is 0 Å². The number of nitrogens with zero attached hydrogens (tertiary/aromatic N) is 3. The summed E-state index contributed by atoms with van der Waals surface area (Å²) in [5, 5.41) is 1.73. The Morgan fingerprint density at radius 2 is 2.00 bits per heavy atom. The molecule has 3 amide bonds. The van der Waals surface area contributed by atoms with Crippen molar-refractivity contribution >= 4 is 29.1 Å². The zero-order valence-electron chi connectivity index (χ0n) is 10.2. The summed E-state index contributed by atoms with van der Waals surface area (Å²) in [6.07, 6.45) is 0.653. The summed E-state index contributed by atoms with van der Waals surface area (Å²) in [5.74, 6) is -0.0475.